The molecule has 5 nitrogen and oxygen atoms in total. The molecular weight excluding hydrogens is 250 g/mol. The van der Waals surface area contributed by atoms with Crippen molar-refractivity contribution in [2.45, 2.75) is 38.3 Å². The number of urea groups is 1. The van der Waals surface area contributed by atoms with Crippen molar-refractivity contribution in [1.29, 1.82) is 0 Å². The van der Waals surface area contributed by atoms with Gasteiger partial charge >= 0.3 is 6.03 Å². The van der Waals surface area contributed by atoms with Crippen LogP contribution in [0.25, 0.3) is 0 Å². The number of carbonyl (C=O) groups excluding carboxylic acids is 1. The summed E-state index contributed by atoms with van der Waals surface area (Å²) in [6, 6.07) is -0.148. The highest BCUT2D eigenvalue weighted by atomic mass is 32.1. The van der Waals surface area contributed by atoms with Crippen LogP contribution in [0.15, 0.2) is 11.6 Å². The van der Waals surface area contributed by atoms with E-state index in [1.165, 1.54) is 0 Å². The molecular formula is C12H19N3O2S. The van der Waals surface area contributed by atoms with Crippen LogP contribution in [0, 0.1) is 0 Å². The lowest BCUT2D eigenvalue weighted by molar-refractivity contribution is 0.154. The predicted molar refractivity (Wildman–Crippen MR) is 70.5 cm³/mol. The molecule has 2 N–H and O–H groups in total. The zero-order valence-corrected chi connectivity index (χ0v) is 11.3. The van der Waals surface area contributed by atoms with Gasteiger partial charge in [0.1, 0.15) is 5.01 Å². The number of rotatable bonds is 4. The van der Waals surface area contributed by atoms with E-state index in [1.54, 1.807) is 22.4 Å². The van der Waals surface area contributed by atoms with E-state index in [1.807, 2.05) is 12.3 Å². The second-order valence-electron chi connectivity index (χ2n) is 4.45. The molecule has 2 rings (SSSR count). The second-order valence-corrected chi connectivity index (χ2v) is 5.38. The van der Waals surface area contributed by atoms with Crippen LogP contribution in [0.2, 0.25) is 0 Å². The van der Waals surface area contributed by atoms with E-state index < -0.39 is 0 Å². The topological polar surface area (TPSA) is 65.5 Å². The van der Waals surface area contributed by atoms with Crippen LogP contribution in [-0.2, 0) is 0 Å². The van der Waals surface area contributed by atoms with Crippen LogP contribution < -0.4 is 5.32 Å². The van der Waals surface area contributed by atoms with Crippen molar-refractivity contribution in [3.8, 4) is 0 Å². The number of hydrogen-bond donors (Lipinski definition) is 2. The molecule has 0 aromatic carbocycles. The van der Waals surface area contributed by atoms with Gasteiger partial charge in [-0.05, 0) is 19.3 Å². The summed E-state index contributed by atoms with van der Waals surface area (Å²) in [6.45, 7) is 2.80. The molecule has 1 aromatic heterocycles. The number of nitrogens with one attached hydrogen (secondary N) is 1. The lowest BCUT2D eigenvalue weighted by Crippen LogP contribution is -2.45. The molecule has 2 heterocycles. The van der Waals surface area contributed by atoms with E-state index in [2.05, 4.69) is 10.3 Å². The summed E-state index contributed by atoms with van der Waals surface area (Å²) in [5.41, 5.74) is 0. The smallest absolute Gasteiger partial charge is 0.318 e. The maximum Gasteiger partial charge on any atom is 0.318 e. The first-order valence-electron chi connectivity index (χ1n) is 6.33. The van der Waals surface area contributed by atoms with E-state index in [9.17, 15) is 9.90 Å². The molecule has 0 radical (unpaired) electrons. The summed E-state index contributed by atoms with van der Waals surface area (Å²) in [5, 5.41) is 15.1. The number of carbonyl (C=O) groups is 1. The molecule has 1 unspecified atom stereocenters. The highest BCUT2D eigenvalue weighted by Gasteiger charge is 2.29. The molecule has 1 aliphatic rings. The largest absolute Gasteiger partial charge is 0.394 e. The number of aliphatic hydroxyl groups excluding tert-OH is 1. The summed E-state index contributed by atoms with van der Waals surface area (Å²) in [6.07, 6.45) is 4.42. The molecule has 0 aliphatic carbocycles. The third-order valence-electron chi connectivity index (χ3n) is 3.30. The van der Waals surface area contributed by atoms with Crippen LogP contribution in [0.5, 0.6) is 0 Å². The first-order valence-corrected chi connectivity index (χ1v) is 7.21. The number of amides is 2. The van der Waals surface area contributed by atoms with Crippen molar-refractivity contribution in [3.05, 3.63) is 16.6 Å². The standard InChI is InChI=1S/C12H19N3O2S/c1-2-10(11-13-5-7-18-11)14-12(17)15-6-3-4-9(15)8-16/h5,7,9-10,16H,2-4,6,8H2,1H3,(H,14,17)/t9-,10?/m1/s1. The Kier molecular flexibility index (Phi) is 4.54. The zero-order chi connectivity index (χ0) is 13.0. The number of likely N-dealkylation sites (tertiary alicyclic amines) is 1. The van der Waals surface area contributed by atoms with E-state index in [0.717, 1.165) is 30.8 Å². The zero-order valence-electron chi connectivity index (χ0n) is 10.5. The molecule has 0 spiro atoms. The molecule has 1 saturated heterocycles. The normalized spacial score (nSPS) is 21.0. The first-order chi connectivity index (χ1) is 8.76. The van der Waals surface area contributed by atoms with Crippen LogP contribution >= 0.6 is 11.3 Å². The highest BCUT2D eigenvalue weighted by Crippen LogP contribution is 2.21. The Hall–Kier alpha value is -1.14. The molecule has 18 heavy (non-hydrogen) atoms. The Bertz CT molecular complexity index is 383. The number of aromatic nitrogens is 1. The fraction of sp³-hybridized carbons (Fsp3) is 0.667. The van der Waals surface area contributed by atoms with Gasteiger partial charge in [-0.3, -0.25) is 0 Å². The Morgan fingerprint density at radius 3 is 3.22 bits per heavy atom. The van der Waals surface area contributed by atoms with Crippen molar-refractivity contribution < 1.29 is 9.90 Å². The van der Waals surface area contributed by atoms with Crippen molar-refractivity contribution >= 4 is 17.4 Å². The molecule has 100 valence electrons. The van der Waals surface area contributed by atoms with Gasteiger partial charge in [-0.1, -0.05) is 6.92 Å². The molecule has 0 bridgehead atoms. The van der Waals surface area contributed by atoms with Gasteiger partial charge in [0, 0.05) is 18.1 Å². The number of nitrogens with zero attached hydrogens (tertiary/aromatic N) is 2. The third-order valence-corrected chi connectivity index (χ3v) is 4.19. The van der Waals surface area contributed by atoms with E-state index in [-0.39, 0.29) is 24.7 Å². The molecule has 0 saturated carbocycles. The van der Waals surface area contributed by atoms with E-state index in [0.29, 0.717) is 0 Å². The van der Waals surface area contributed by atoms with E-state index in [4.69, 9.17) is 0 Å². The highest BCUT2D eigenvalue weighted by molar-refractivity contribution is 7.09. The van der Waals surface area contributed by atoms with Gasteiger partial charge in [-0.15, -0.1) is 11.3 Å². The van der Waals surface area contributed by atoms with Crippen LogP contribution in [0.1, 0.15) is 37.2 Å². The first kappa shape index (κ1) is 13.3. The Labute approximate surface area is 111 Å². The van der Waals surface area contributed by atoms with Crippen molar-refractivity contribution in [3.63, 3.8) is 0 Å². The summed E-state index contributed by atoms with van der Waals surface area (Å²) < 4.78 is 0. The van der Waals surface area contributed by atoms with Gasteiger partial charge in [0.25, 0.3) is 0 Å². The second kappa shape index (κ2) is 6.15. The van der Waals surface area contributed by atoms with Gasteiger partial charge in [-0.2, -0.15) is 0 Å². The average Bonchev–Trinajstić information content (AvgIpc) is 3.05. The van der Waals surface area contributed by atoms with Gasteiger partial charge in [-0.25, -0.2) is 9.78 Å². The molecule has 2 atom stereocenters. The third kappa shape index (κ3) is 2.81. The minimum absolute atomic E-state index is 0.0289. The Morgan fingerprint density at radius 1 is 1.78 bits per heavy atom. The minimum Gasteiger partial charge on any atom is -0.394 e. The summed E-state index contributed by atoms with van der Waals surface area (Å²) in [7, 11) is 0. The van der Waals surface area contributed by atoms with Gasteiger partial charge in [0.05, 0.1) is 18.7 Å². The lowest BCUT2D eigenvalue weighted by atomic mass is 10.2. The van der Waals surface area contributed by atoms with Gasteiger partial charge in [0.2, 0.25) is 0 Å². The summed E-state index contributed by atoms with van der Waals surface area (Å²) >= 11 is 1.55. The molecule has 1 fully saturated rings. The number of hydrogen-bond acceptors (Lipinski definition) is 4. The molecule has 1 aromatic rings. The van der Waals surface area contributed by atoms with Gasteiger partial charge < -0.3 is 15.3 Å². The molecule has 2 amide bonds. The average molecular weight is 269 g/mol. The van der Waals surface area contributed by atoms with E-state index >= 15 is 0 Å². The van der Waals surface area contributed by atoms with Crippen molar-refractivity contribution in [2.24, 2.45) is 0 Å². The van der Waals surface area contributed by atoms with Crippen LogP contribution in [0.4, 0.5) is 4.79 Å². The fourth-order valence-electron chi connectivity index (χ4n) is 2.27. The maximum absolute atomic E-state index is 12.2. The van der Waals surface area contributed by atoms with Gasteiger partial charge in [0.15, 0.2) is 0 Å². The fourth-order valence-corrected chi connectivity index (χ4v) is 3.04. The van der Waals surface area contributed by atoms with Crippen molar-refractivity contribution in [1.82, 2.24) is 15.2 Å². The maximum atomic E-state index is 12.2. The lowest BCUT2D eigenvalue weighted by Gasteiger charge is -2.25. The monoisotopic (exact) mass is 269 g/mol. The summed E-state index contributed by atoms with van der Waals surface area (Å²) in [5.74, 6) is 0. The SMILES string of the molecule is CCC(NC(=O)N1CCC[C@@H]1CO)c1nccs1. The predicted octanol–water partition coefficient (Wildman–Crippen LogP) is 1.76. The minimum atomic E-state index is -0.0893. The number of aliphatic hydroxyl groups is 1. The Morgan fingerprint density at radius 2 is 2.61 bits per heavy atom. The van der Waals surface area contributed by atoms with Crippen LogP contribution in [0.3, 0.4) is 0 Å². The quantitative estimate of drug-likeness (QED) is 0.875. The molecule has 1 aliphatic heterocycles. The molecule has 6 heteroatoms. The number of thiazole rings is 1. The van der Waals surface area contributed by atoms with Crippen molar-refractivity contribution in [2.75, 3.05) is 13.2 Å². The van der Waals surface area contributed by atoms with Crippen LogP contribution in [-0.4, -0.2) is 40.2 Å². The summed E-state index contributed by atoms with van der Waals surface area (Å²) in [4.78, 5) is 18.1. The Balaban J connectivity index is 1.97.